The molecule has 0 saturated heterocycles. The third-order valence-electron chi connectivity index (χ3n) is 1.94. The van der Waals surface area contributed by atoms with E-state index in [-0.39, 0.29) is 11.7 Å². The molecule has 98 valence electrons. The maximum atomic E-state index is 11.4. The van der Waals surface area contributed by atoms with Crippen molar-refractivity contribution in [2.75, 3.05) is 25.4 Å². The molecule has 0 aliphatic heterocycles. The van der Waals surface area contributed by atoms with Crippen molar-refractivity contribution in [3.05, 3.63) is 0 Å². The second-order valence-electron chi connectivity index (χ2n) is 3.13. The number of imide groups is 1. The third-order valence-corrected chi connectivity index (χ3v) is 3.46. The molecular formula is C10H19N3O2S2. The van der Waals surface area contributed by atoms with Gasteiger partial charge in [-0.3, -0.25) is 10.1 Å². The molecule has 7 heteroatoms. The van der Waals surface area contributed by atoms with Gasteiger partial charge >= 0.3 is 6.03 Å². The summed E-state index contributed by atoms with van der Waals surface area (Å²) >= 11 is 6.43. The Balaban J connectivity index is 3.91. The number of amides is 3. The number of nitrogens with zero attached hydrogens (tertiary/aromatic N) is 1. The van der Waals surface area contributed by atoms with Crippen molar-refractivity contribution in [2.24, 2.45) is 0 Å². The zero-order chi connectivity index (χ0) is 13.3. The Hall–Kier alpha value is -0.820. The molecule has 3 amide bonds. The normalized spacial score (nSPS) is 9.59. The molecule has 0 fully saturated rings. The molecule has 0 bridgehead atoms. The molecular weight excluding hydrogens is 258 g/mol. The van der Waals surface area contributed by atoms with E-state index >= 15 is 0 Å². The first-order chi connectivity index (χ1) is 8.04. The van der Waals surface area contributed by atoms with Gasteiger partial charge in [-0.25, -0.2) is 4.79 Å². The molecule has 0 rings (SSSR count). The predicted octanol–water partition coefficient (Wildman–Crippen LogP) is 1.19. The maximum absolute atomic E-state index is 11.4. The smallest absolute Gasteiger partial charge is 0.321 e. The zero-order valence-corrected chi connectivity index (χ0v) is 12.0. The highest BCUT2D eigenvalue weighted by atomic mass is 32.2. The van der Waals surface area contributed by atoms with Crippen LogP contribution >= 0.6 is 24.0 Å². The highest BCUT2D eigenvalue weighted by Crippen LogP contribution is 2.08. The van der Waals surface area contributed by atoms with Gasteiger partial charge in [0.05, 0.1) is 5.75 Å². The van der Waals surface area contributed by atoms with Crippen LogP contribution in [0.15, 0.2) is 0 Å². The van der Waals surface area contributed by atoms with Crippen molar-refractivity contribution in [1.29, 1.82) is 0 Å². The number of thiocarbonyl (C=S) groups is 1. The van der Waals surface area contributed by atoms with E-state index in [9.17, 15) is 9.59 Å². The number of urea groups is 1. The summed E-state index contributed by atoms with van der Waals surface area (Å²) in [6.07, 6.45) is 0. The van der Waals surface area contributed by atoms with Gasteiger partial charge in [0.15, 0.2) is 0 Å². The van der Waals surface area contributed by atoms with E-state index < -0.39 is 6.03 Å². The SMILES string of the molecule is CCNC(=O)NC(=O)CSC(=S)N(CC)CC. The highest BCUT2D eigenvalue weighted by Gasteiger charge is 2.11. The summed E-state index contributed by atoms with van der Waals surface area (Å²) in [5, 5.41) is 4.71. The molecule has 0 heterocycles. The van der Waals surface area contributed by atoms with Crippen LogP contribution in [0.4, 0.5) is 4.79 Å². The van der Waals surface area contributed by atoms with Crippen LogP contribution < -0.4 is 10.6 Å². The Morgan fingerprint density at radius 1 is 1.24 bits per heavy atom. The lowest BCUT2D eigenvalue weighted by atomic mass is 10.6. The summed E-state index contributed by atoms with van der Waals surface area (Å²) < 4.78 is 0.682. The van der Waals surface area contributed by atoms with Gasteiger partial charge in [-0.05, 0) is 20.8 Å². The standard InChI is InChI=1S/C10H19N3O2S2/c1-4-11-9(15)12-8(14)7-17-10(16)13(5-2)6-3/h4-7H2,1-3H3,(H2,11,12,14,15). The van der Waals surface area contributed by atoms with Crippen LogP contribution in [0.3, 0.4) is 0 Å². The van der Waals surface area contributed by atoms with Crippen molar-refractivity contribution >= 4 is 40.2 Å². The predicted molar refractivity (Wildman–Crippen MR) is 75.2 cm³/mol. The van der Waals surface area contributed by atoms with E-state index in [2.05, 4.69) is 10.6 Å². The molecule has 0 aromatic rings. The van der Waals surface area contributed by atoms with Gasteiger partial charge in [0, 0.05) is 19.6 Å². The van der Waals surface area contributed by atoms with E-state index in [0.717, 1.165) is 13.1 Å². The second-order valence-corrected chi connectivity index (χ2v) is 4.74. The summed E-state index contributed by atoms with van der Waals surface area (Å²) in [6.45, 7) is 7.93. The fourth-order valence-corrected chi connectivity index (χ4v) is 2.27. The molecule has 5 nitrogen and oxygen atoms in total. The van der Waals surface area contributed by atoms with E-state index in [4.69, 9.17) is 12.2 Å². The van der Waals surface area contributed by atoms with Crippen molar-refractivity contribution in [3.63, 3.8) is 0 Å². The van der Waals surface area contributed by atoms with Gasteiger partial charge in [0.25, 0.3) is 0 Å². The van der Waals surface area contributed by atoms with Crippen molar-refractivity contribution in [1.82, 2.24) is 15.5 Å². The molecule has 0 unspecified atom stereocenters. The Bertz CT molecular complexity index is 281. The highest BCUT2D eigenvalue weighted by molar-refractivity contribution is 8.23. The Kier molecular flexibility index (Phi) is 8.79. The Morgan fingerprint density at radius 3 is 2.29 bits per heavy atom. The number of nitrogens with one attached hydrogen (secondary N) is 2. The van der Waals surface area contributed by atoms with Gasteiger partial charge in [-0.1, -0.05) is 24.0 Å². The number of carbonyl (C=O) groups is 2. The summed E-state index contributed by atoms with van der Waals surface area (Å²) in [5.41, 5.74) is 0. The van der Waals surface area contributed by atoms with Crippen LogP contribution in [-0.2, 0) is 4.79 Å². The van der Waals surface area contributed by atoms with Crippen LogP contribution in [0, 0.1) is 0 Å². The molecule has 0 aliphatic carbocycles. The van der Waals surface area contributed by atoms with Gasteiger partial charge in [-0.15, -0.1) is 0 Å². The molecule has 0 spiro atoms. The fraction of sp³-hybridized carbons (Fsp3) is 0.700. The van der Waals surface area contributed by atoms with E-state index in [0.29, 0.717) is 10.9 Å². The molecule has 0 aliphatic rings. The van der Waals surface area contributed by atoms with Crippen LogP contribution in [0.5, 0.6) is 0 Å². The first-order valence-corrected chi connectivity index (χ1v) is 6.93. The summed E-state index contributed by atoms with van der Waals surface area (Å²) in [4.78, 5) is 24.4. The van der Waals surface area contributed by atoms with Crippen LogP contribution in [0.1, 0.15) is 20.8 Å². The Labute approximate surface area is 112 Å². The number of hydrogen-bond donors (Lipinski definition) is 2. The summed E-state index contributed by atoms with van der Waals surface area (Å²) in [6, 6.07) is -0.466. The number of hydrogen-bond acceptors (Lipinski definition) is 4. The van der Waals surface area contributed by atoms with E-state index in [1.807, 2.05) is 18.7 Å². The lowest BCUT2D eigenvalue weighted by Crippen LogP contribution is -2.40. The van der Waals surface area contributed by atoms with Crippen molar-refractivity contribution in [3.8, 4) is 0 Å². The number of rotatable bonds is 5. The fourth-order valence-electron chi connectivity index (χ4n) is 1.07. The van der Waals surface area contributed by atoms with Crippen LogP contribution in [0.2, 0.25) is 0 Å². The number of carbonyl (C=O) groups excluding carboxylic acids is 2. The minimum absolute atomic E-state index is 0.159. The van der Waals surface area contributed by atoms with E-state index in [1.165, 1.54) is 11.8 Å². The quantitative estimate of drug-likeness (QED) is 0.739. The minimum Gasteiger partial charge on any atom is -0.358 e. The van der Waals surface area contributed by atoms with Crippen molar-refractivity contribution in [2.45, 2.75) is 20.8 Å². The summed E-state index contributed by atoms with van der Waals surface area (Å²) in [7, 11) is 0. The molecule has 17 heavy (non-hydrogen) atoms. The first-order valence-electron chi connectivity index (χ1n) is 5.54. The second kappa shape index (κ2) is 9.23. The van der Waals surface area contributed by atoms with Crippen molar-refractivity contribution < 1.29 is 9.59 Å². The summed E-state index contributed by atoms with van der Waals surface area (Å²) in [5.74, 6) is -0.178. The monoisotopic (exact) mass is 277 g/mol. The maximum Gasteiger partial charge on any atom is 0.321 e. The molecule has 0 aromatic heterocycles. The average molecular weight is 277 g/mol. The van der Waals surface area contributed by atoms with Gasteiger partial charge in [-0.2, -0.15) is 0 Å². The van der Waals surface area contributed by atoms with E-state index in [1.54, 1.807) is 6.92 Å². The topological polar surface area (TPSA) is 61.4 Å². The molecule has 0 aromatic carbocycles. The van der Waals surface area contributed by atoms with Gasteiger partial charge in [0.1, 0.15) is 4.32 Å². The molecule has 0 atom stereocenters. The molecule has 2 N–H and O–H groups in total. The largest absolute Gasteiger partial charge is 0.358 e. The lowest BCUT2D eigenvalue weighted by molar-refractivity contribution is -0.117. The van der Waals surface area contributed by atoms with Gasteiger partial charge in [0.2, 0.25) is 5.91 Å². The zero-order valence-electron chi connectivity index (χ0n) is 10.4. The molecule has 0 saturated carbocycles. The molecule has 0 radical (unpaired) electrons. The van der Waals surface area contributed by atoms with Crippen LogP contribution in [0.25, 0.3) is 0 Å². The number of thioether (sulfide) groups is 1. The van der Waals surface area contributed by atoms with Gasteiger partial charge < -0.3 is 10.2 Å². The lowest BCUT2D eigenvalue weighted by Gasteiger charge is -2.20. The third kappa shape index (κ3) is 7.17. The first kappa shape index (κ1) is 16.2. The minimum atomic E-state index is -0.466. The average Bonchev–Trinajstić information content (AvgIpc) is 2.28. The Morgan fingerprint density at radius 2 is 1.82 bits per heavy atom. The van der Waals surface area contributed by atoms with Crippen LogP contribution in [-0.4, -0.2) is 46.5 Å².